The zero-order valence-corrected chi connectivity index (χ0v) is 14.4. The minimum absolute atomic E-state index is 0.288. The second kappa shape index (κ2) is 7.39. The zero-order valence-electron chi connectivity index (χ0n) is 14.4. The maximum atomic E-state index is 13.0. The molecule has 26 heavy (non-hydrogen) atoms. The van der Waals surface area contributed by atoms with E-state index in [9.17, 15) is 14.0 Å². The van der Waals surface area contributed by atoms with Crippen molar-refractivity contribution in [2.75, 3.05) is 0 Å². The highest BCUT2D eigenvalue weighted by atomic mass is 19.1. The third-order valence-electron chi connectivity index (χ3n) is 4.01. The number of carbonyl (C=O) groups is 1. The number of carbonyl (C=O) groups excluding carboxylic acids is 1. The largest absolute Gasteiger partial charge is 0.481 e. The summed E-state index contributed by atoms with van der Waals surface area (Å²) in [6, 6.07) is 13.7. The average molecular weight is 355 g/mol. The van der Waals surface area contributed by atoms with E-state index in [4.69, 9.17) is 9.15 Å². The molecule has 1 N–H and O–H groups in total. The zero-order chi connectivity index (χ0) is 18.7. The molecule has 0 fully saturated rings. The molecule has 0 spiro atoms. The summed E-state index contributed by atoms with van der Waals surface area (Å²) < 4.78 is 23.7. The maximum Gasteiger partial charge on any atom is 0.336 e. The van der Waals surface area contributed by atoms with Gasteiger partial charge in [0.2, 0.25) is 0 Å². The minimum Gasteiger partial charge on any atom is -0.481 e. The van der Waals surface area contributed by atoms with E-state index in [0.29, 0.717) is 11.3 Å². The van der Waals surface area contributed by atoms with Gasteiger partial charge in [-0.2, -0.15) is 0 Å². The number of rotatable bonds is 5. The number of benzene rings is 2. The first kappa shape index (κ1) is 17.7. The molecule has 3 aromatic rings. The highest BCUT2D eigenvalue weighted by Crippen LogP contribution is 2.21. The van der Waals surface area contributed by atoms with Gasteiger partial charge in [-0.05, 0) is 49.7 Å². The smallest absolute Gasteiger partial charge is 0.336 e. The fourth-order valence-electron chi connectivity index (χ4n) is 2.54. The van der Waals surface area contributed by atoms with Crippen molar-refractivity contribution in [2.45, 2.75) is 26.0 Å². The Morgan fingerprint density at radius 1 is 1.08 bits per heavy atom. The van der Waals surface area contributed by atoms with Gasteiger partial charge in [-0.25, -0.2) is 9.18 Å². The van der Waals surface area contributed by atoms with Gasteiger partial charge in [0.25, 0.3) is 5.91 Å². The molecule has 0 radical (unpaired) electrons. The van der Waals surface area contributed by atoms with Gasteiger partial charge < -0.3 is 14.5 Å². The van der Waals surface area contributed by atoms with Crippen LogP contribution in [0.2, 0.25) is 0 Å². The number of hydrogen-bond donors (Lipinski definition) is 1. The van der Waals surface area contributed by atoms with Crippen molar-refractivity contribution in [3.8, 4) is 5.75 Å². The monoisotopic (exact) mass is 355 g/mol. The Labute approximate surface area is 149 Å². The van der Waals surface area contributed by atoms with Gasteiger partial charge in [0.1, 0.15) is 17.1 Å². The first-order chi connectivity index (χ1) is 12.4. The molecule has 6 heteroatoms. The van der Waals surface area contributed by atoms with Crippen molar-refractivity contribution in [1.29, 1.82) is 0 Å². The summed E-state index contributed by atoms with van der Waals surface area (Å²) in [4.78, 5) is 23.6. The molecular weight excluding hydrogens is 337 g/mol. The van der Waals surface area contributed by atoms with Crippen molar-refractivity contribution >= 4 is 16.9 Å². The number of hydrogen-bond acceptors (Lipinski definition) is 4. The van der Waals surface area contributed by atoms with Crippen LogP contribution in [0.25, 0.3) is 11.0 Å². The first-order valence-electron chi connectivity index (χ1n) is 8.19. The molecule has 0 saturated carbocycles. The van der Waals surface area contributed by atoms with E-state index < -0.39 is 11.7 Å². The Morgan fingerprint density at radius 3 is 2.50 bits per heavy atom. The lowest BCUT2D eigenvalue weighted by Gasteiger charge is -2.19. The Hall–Kier alpha value is -3.15. The molecule has 0 aliphatic rings. The Kier molecular flexibility index (Phi) is 5.02. The summed E-state index contributed by atoms with van der Waals surface area (Å²) >= 11 is 0. The van der Waals surface area contributed by atoms with Crippen LogP contribution in [-0.4, -0.2) is 12.0 Å². The molecule has 0 aliphatic heterocycles. The highest BCUT2D eigenvalue weighted by Gasteiger charge is 2.18. The number of nitrogens with one attached hydrogen (secondary N) is 1. The Balaban J connectivity index is 1.67. The summed E-state index contributed by atoms with van der Waals surface area (Å²) in [5.41, 5.74) is 0.732. The molecule has 1 aromatic heterocycles. The van der Waals surface area contributed by atoms with Crippen molar-refractivity contribution < 1.29 is 18.3 Å². The van der Waals surface area contributed by atoms with Gasteiger partial charge in [-0.1, -0.05) is 12.1 Å². The normalized spacial score (nSPS) is 13.2. The third-order valence-corrected chi connectivity index (χ3v) is 4.01. The summed E-state index contributed by atoms with van der Waals surface area (Å²) in [5.74, 6) is -0.215. The summed E-state index contributed by atoms with van der Waals surface area (Å²) in [6.07, 6.45) is -0.759. The van der Waals surface area contributed by atoms with Crippen LogP contribution in [0.15, 0.2) is 63.8 Å². The standard InChI is InChI=1S/C20H18FNO4/c1-12(14-3-7-16(21)8-4-14)22-20(24)13(2)25-17-9-5-15-6-10-19(23)26-18(15)11-17/h3-13H,1-2H3,(H,22,24)/t12-,13-/m0/s1. The van der Waals surface area contributed by atoms with Gasteiger partial charge >= 0.3 is 5.63 Å². The molecule has 0 aliphatic carbocycles. The number of ether oxygens (including phenoxy) is 1. The van der Waals surface area contributed by atoms with Crippen molar-refractivity contribution in [3.05, 3.63) is 76.4 Å². The second-order valence-electron chi connectivity index (χ2n) is 6.00. The topological polar surface area (TPSA) is 68.5 Å². The molecule has 134 valence electrons. The predicted octanol–water partition coefficient (Wildman–Crippen LogP) is 3.58. The predicted molar refractivity (Wildman–Crippen MR) is 95.5 cm³/mol. The van der Waals surface area contributed by atoms with E-state index in [2.05, 4.69) is 5.32 Å². The van der Waals surface area contributed by atoms with Crippen LogP contribution >= 0.6 is 0 Å². The number of amides is 1. The lowest BCUT2D eigenvalue weighted by Crippen LogP contribution is -2.37. The van der Waals surface area contributed by atoms with E-state index >= 15 is 0 Å². The van der Waals surface area contributed by atoms with E-state index in [1.165, 1.54) is 18.2 Å². The van der Waals surface area contributed by atoms with Crippen molar-refractivity contribution in [2.24, 2.45) is 0 Å². The van der Waals surface area contributed by atoms with Crippen LogP contribution in [0.4, 0.5) is 4.39 Å². The lowest BCUT2D eigenvalue weighted by atomic mass is 10.1. The summed E-state index contributed by atoms with van der Waals surface area (Å²) in [7, 11) is 0. The molecule has 0 bridgehead atoms. The summed E-state index contributed by atoms with van der Waals surface area (Å²) in [5, 5.41) is 3.59. The molecule has 5 nitrogen and oxygen atoms in total. The van der Waals surface area contributed by atoms with Crippen LogP contribution in [0, 0.1) is 5.82 Å². The first-order valence-corrected chi connectivity index (χ1v) is 8.19. The lowest BCUT2D eigenvalue weighted by molar-refractivity contribution is -0.127. The Bertz CT molecular complexity index is 981. The maximum absolute atomic E-state index is 13.0. The van der Waals surface area contributed by atoms with E-state index in [0.717, 1.165) is 10.9 Å². The minimum atomic E-state index is -0.759. The fourth-order valence-corrected chi connectivity index (χ4v) is 2.54. The highest BCUT2D eigenvalue weighted by molar-refractivity contribution is 5.81. The van der Waals surface area contributed by atoms with Gasteiger partial charge in [0.05, 0.1) is 6.04 Å². The number of fused-ring (bicyclic) bond motifs is 1. The van der Waals surface area contributed by atoms with Crippen LogP contribution in [0.5, 0.6) is 5.75 Å². The molecule has 3 rings (SSSR count). The van der Waals surface area contributed by atoms with Gasteiger partial charge in [0, 0.05) is 17.5 Å². The third kappa shape index (κ3) is 4.08. The van der Waals surface area contributed by atoms with E-state index in [1.54, 1.807) is 43.3 Å². The van der Waals surface area contributed by atoms with Crippen molar-refractivity contribution in [1.82, 2.24) is 5.32 Å². The Morgan fingerprint density at radius 2 is 1.77 bits per heavy atom. The molecule has 0 saturated heterocycles. The quantitative estimate of drug-likeness (QED) is 0.711. The molecule has 2 atom stereocenters. The molecular formula is C20H18FNO4. The van der Waals surface area contributed by atoms with Crippen molar-refractivity contribution in [3.63, 3.8) is 0 Å². The van der Waals surface area contributed by atoms with Gasteiger partial charge in [-0.15, -0.1) is 0 Å². The van der Waals surface area contributed by atoms with Gasteiger partial charge in [-0.3, -0.25) is 4.79 Å². The SMILES string of the molecule is C[C@H](Oc1ccc2ccc(=O)oc2c1)C(=O)N[C@@H](C)c1ccc(F)cc1. The van der Waals surface area contributed by atoms with Crippen LogP contribution < -0.4 is 15.7 Å². The molecule has 1 amide bonds. The van der Waals surface area contributed by atoms with Gasteiger partial charge in [0.15, 0.2) is 6.10 Å². The second-order valence-corrected chi connectivity index (χ2v) is 6.00. The van der Waals surface area contributed by atoms with E-state index in [1.807, 2.05) is 6.92 Å². The summed E-state index contributed by atoms with van der Waals surface area (Å²) in [6.45, 7) is 3.43. The van der Waals surface area contributed by atoms with Crippen LogP contribution in [0.3, 0.4) is 0 Å². The number of halogens is 1. The fraction of sp³-hybridized carbons (Fsp3) is 0.200. The van der Waals surface area contributed by atoms with E-state index in [-0.39, 0.29) is 17.8 Å². The van der Waals surface area contributed by atoms with Crippen LogP contribution in [-0.2, 0) is 4.79 Å². The molecule has 2 aromatic carbocycles. The average Bonchev–Trinajstić information content (AvgIpc) is 2.61. The van der Waals surface area contributed by atoms with Crippen LogP contribution in [0.1, 0.15) is 25.5 Å². The molecule has 1 heterocycles. The molecule has 0 unspecified atom stereocenters.